The number of likely N-dealkylation sites (tertiary alicyclic amines) is 1. The third-order valence-corrected chi connectivity index (χ3v) is 4.52. The second-order valence-corrected chi connectivity index (χ2v) is 5.88. The Labute approximate surface area is 132 Å². The normalized spacial score (nSPS) is 20.4. The van der Waals surface area contributed by atoms with E-state index in [9.17, 15) is 9.59 Å². The van der Waals surface area contributed by atoms with Gasteiger partial charge in [0.15, 0.2) is 5.79 Å². The molecular formula is C15H18N4O4. The fraction of sp³-hybridized carbons (Fsp3) is 0.533. The van der Waals surface area contributed by atoms with Crippen LogP contribution in [-0.4, -0.2) is 57.1 Å². The molecule has 0 saturated carbocycles. The van der Waals surface area contributed by atoms with E-state index in [1.54, 1.807) is 27.6 Å². The van der Waals surface area contributed by atoms with E-state index in [4.69, 9.17) is 9.47 Å². The molecule has 2 aromatic rings. The number of carbonyl (C=O) groups is 1. The lowest BCUT2D eigenvalue weighted by molar-refractivity contribution is -0.187. The fourth-order valence-electron chi connectivity index (χ4n) is 3.20. The summed E-state index contributed by atoms with van der Waals surface area (Å²) in [4.78, 5) is 26.5. The van der Waals surface area contributed by atoms with Gasteiger partial charge in [-0.05, 0) is 12.1 Å². The lowest BCUT2D eigenvalue weighted by Gasteiger charge is -2.37. The quantitative estimate of drug-likeness (QED) is 0.770. The van der Waals surface area contributed by atoms with E-state index in [1.165, 1.54) is 11.0 Å². The Morgan fingerprint density at radius 2 is 2.00 bits per heavy atom. The maximum atomic E-state index is 12.4. The molecule has 0 N–H and O–H groups in total. The summed E-state index contributed by atoms with van der Waals surface area (Å²) in [7, 11) is 0. The molecule has 1 amide bonds. The van der Waals surface area contributed by atoms with Crippen LogP contribution >= 0.6 is 0 Å². The van der Waals surface area contributed by atoms with Gasteiger partial charge in [0.25, 0.3) is 5.56 Å². The highest BCUT2D eigenvalue weighted by molar-refractivity contribution is 5.76. The zero-order chi connectivity index (χ0) is 15.9. The highest BCUT2D eigenvalue weighted by atomic mass is 16.7. The first-order valence-corrected chi connectivity index (χ1v) is 7.75. The summed E-state index contributed by atoms with van der Waals surface area (Å²) >= 11 is 0. The number of amides is 1. The molecule has 0 atom stereocenters. The van der Waals surface area contributed by atoms with Crippen LogP contribution in [0.15, 0.2) is 29.5 Å². The highest BCUT2D eigenvalue weighted by Crippen LogP contribution is 2.31. The molecule has 2 fully saturated rings. The van der Waals surface area contributed by atoms with E-state index in [0.717, 1.165) is 0 Å². The number of piperidine rings is 1. The predicted molar refractivity (Wildman–Crippen MR) is 79.9 cm³/mol. The summed E-state index contributed by atoms with van der Waals surface area (Å²) in [6.07, 6.45) is 4.62. The molecule has 0 aromatic carbocycles. The first-order valence-electron chi connectivity index (χ1n) is 7.75. The van der Waals surface area contributed by atoms with Crippen molar-refractivity contribution in [2.75, 3.05) is 26.3 Å². The van der Waals surface area contributed by atoms with Gasteiger partial charge in [-0.2, -0.15) is 5.10 Å². The Kier molecular flexibility index (Phi) is 3.42. The summed E-state index contributed by atoms with van der Waals surface area (Å²) in [6.45, 7) is 2.33. The monoisotopic (exact) mass is 318 g/mol. The number of rotatable bonds is 2. The van der Waals surface area contributed by atoms with Crippen molar-refractivity contribution >= 4 is 11.4 Å². The minimum Gasteiger partial charge on any atom is -0.347 e. The first-order chi connectivity index (χ1) is 11.2. The van der Waals surface area contributed by atoms with Crippen LogP contribution in [0.3, 0.4) is 0 Å². The van der Waals surface area contributed by atoms with E-state index in [1.807, 2.05) is 0 Å². The number of carbonyl (C=O) groups excluding carboxylic acids is 1. The van der Waals surface area contributed by atoms with Crippen LogP contribution in [0.25, 0.3) is 5.52 Å². The minimum absolute atomic E-state index is 0.0464. The average Bonchev–Trinajstić information content (AvgIpc) is 3.21. The number of hydrogen-bond acceptors (Lipinski definition) is 5. The van der Waals surface area contributed by atoms with Crippen molar-refractivity contribution in [2.45, 2.75) is 25.2 Å². The molecule has 4 rings (SSSR count). The zero-order valence-electron chi connectivity index (χ0n) is 12.7. The lowest BCUT2D eigenvalue weighted by Crippen LogP contribution is -2.48. The van der Waals surface area contributed by atoms with E-state index >= 15 is 0 Å². The van der Waals surface area contributed by atoms with Gasteiger partial charge < -0.3 is 18.8 Å². The van der Waals surface area contributed by atoms with Gasteiger partial charge in [0.1, 0.15) is 18.4 Å². The molecular weight excluding hydrogens is 300 g/mol. The van der Waals surface area contributed by atoms with Gasteiger partial charge in [0.05, 0.1) is 13.2 Å². The lowest BCUT2D eigenvalue weighted by atomic mass is 10.0. The van der Waals surface area contributed by atoms with Crippen LogP contribution in [0.1, 0.15) is 12.8 Å². The number of nitrogens with zero attached hydrogens (tertiary/aromatic N) is 4. The van der Waals surface area contributed by atoms with Crippen LogP contribution in [0.5, 0.6) is 0 Å². The minimum atomic E-state index is -0.503. The number of ether oxygens (including phenoxy) is 2. The second kappa shape index (κ2) is 5.47. The molecule has 8 nitrogen and oxygen atoms in total. The highest BCUT2D eigenvalue weighted by Gasteiger charge is 2.40. The molecule has 2 saturated heterocycles. The molecule has 122 valence electrons. The SMILES string of the molecule is O=C(Cn1ncn2cccc2c1=O)N1CCC2(CC1)OCCO2. The van der Waals surface area contributed by atoms with Crippen LogP contribution in [-0.2, 0) is 20.8 Å². The molecule has 4 heterocycles. The maximum absolute atomic E-state index is 12.4. The third-order valence-electron chi connectivity index (χ3n) is 4.52. The zero-order valence-corrected chi connectivity index (χ0v) is 12.7. The topological polar surface area (TPSA) is 78.1 Å². The fourth-order valence-corrected chi connectivity index (χ4v) is 3.20. The van der Waals surface area contributed by atoms with Crippen molar-refractivity contribution in [3.8, 4) is 0 Å². The van der Waals surface area contributed by atoms with Gasteiger partial charge in [0, 0.05) is 32.1 Å². The Bertz CT molecular complexity index is 780. The van der Waals surface area contributed by atoms with Gasteiger partial charge in [-0.25, -0.2) is 4.68 Å². The first kappa shape index (κ1) is 14.4. The Morgan fingerprint density at radius 1 is 1.26 bits per heavy atom. The Morgan fingerprint density at radius 3 is 2.74 bits per heavy atom. The van der Waals surface area contributed by atoms with Gasteiger partial charge in [-0.1, -0.05) is 0 Å². The van der Waals surface area contributed by atoms with Gasteiger partial charge in [-0.3, -0.25) is 9.59 Å². The van der Waals surface area contributed by atoms with E-state index in [0.29, 0.717) is 44.7 Å². The summed E-state index contributed by atoms with van der Waals surface area (Å²) in [5.74, 6) is -0.611. The van der Waals surface area contributed by atoms with Crippen molar-refractivity contribution in [2.24, 2.45) is 0 Å². The third kappa shape index (κ3) is 2.53. The number of hydrogen-bond donors (Lipinski definition) is 0. The van der Waals surface area contributed by atoms with Crippen molar-refractivity contribution < 1.29 is 14.3 Å². The maximum Gasteiger partial charge on any atom is 0.291 e. The van der Waals surface area contributed by atoms with Gasteiger partial charge in [0.2, 0.25) is 5.91 Å². The van der Waals surface area contributed by atoms with Crippen LogP contribution < -0.4 is 5.56 Å². The molecule has 23 heavy (non-hydrogen) atoms. The molecule has 1 spiro atoms. The van der Waals surface area contributed by atoms with Crippen LogP contribution in [0.4, 0.5) is 0 Å². The summed E-state index contributed by atoms with van der Waals surface area (Å²) < 4.78 is 14.2. The molecule has 2 aliphatic rings. The summed E-state index contributed by atoms with van der Waals surface area (Å²) in [5, 5.41) is 4.05. The van der Waals surface area contributed by atoms with Crippen molar-refractivity contribution in [3.05, 3.63) is 35.0 Å². The predicted octanol–water partition coefficient (Wildman–Crippen LogP) is -0.138. The molecule has 2 aliphatic heterocycles. The number of aromatic nitrogens is 3. The average molecular weight is 318 g/mol. The van der Waals surface area contributed by atoms with E-state index in [2.05, 4.69) is 5.10 Å². The summed E-state index contributed by atoms with van der Waals surface area (Å²) in [6, 6.07) is 3.49. The molecule has 0 radical (unpaired) electrons. The van der Waals surface area contributed by atoms with E-state index in [-0.39, 0.29) is 18.0 Å². The molecule has 0 unspecified atom stereocenters. The van der Waals surface area contributed by atoms with Gasteiger partial charge >= 0.3 is 0 Å². The summed E-state index contributed by atoms with van der Waals surface area (Å²) in [5.41, 5.74) is 0.250. The smallest absolute Gasteiger partial charge is 0.291 e. The van der Waals surface area contributed by atoms with Crippen molar-refractivity contribution in [1.82, 2.24) is 19.1 Å². The molecule has 2 aromatic heterocycles. The largest absolute Gasteiger partial charge is 0.347 e. The standard InChI is InChI=1S/C15H18N4O4/c20-13(17-6-3-15(4-7-17)22-8-9-23-15)10-19-14(21)12-2-1-5-18(12)11-16-19/h1-2,5,11H,3-4,6-10H2. The Hall–Kier alpha value is -2.19. The van der Waals surface area contributed by atoms with Gasteiger partial charge in [-0.15, -0.1) is 0 Å². The van der Waals surface area contributed by atoms with Crippen molar-refractivity contribution in [3.63, 3.8) is 0 Å². The number of fused-ring (bicyclic) bond motifs is 1. The molecule has 0 bridgehead atoms. The van der Waals surface area contributed by atoms with Crippen LogP contribution in [0.2, 0.25) is 0 Å². The molecule has 0 aliphatic carbocycles. The molecule has 8 heteroatoms. The van der Waals surface area contributed by atoms with Crippen LogP contribution in [0, 0.1) is 0 Å². The Balaban J connectivity index is 1.45. The van der Waals surface area contributed by atoms with Crippen molar-refractivity contribution in [1.29, 1.82) is 0 Å². The van der Waals surface area contributed by atoms with E-state index < -0.39 is 5.79 Å². The second-order valence-electron chi connectivity index (χ2n) is 5.88.